The van der Waals surface area contributed by atoms with Crippen LogP contribution in [0.3, 0.4) is 0 Å². The van der Waals surface area contributed by atoms with Crippen LogP contribution < -0.4 is 5.32 Å². The van der Waals surface area contributed by atoms with Gasteiger partial charge in [-0.1, -0.05) is 6.08 Å². The van der Waals surface area contributed by atoms with E-state index in [0.29, 0.717) is 12.0 Å². The number of rotatable bonds is 2. The Morgan fingerprint density at radius 2 is 2.11 bits per heavy atom. The fourth-order valence-corrected chi connectivity index (χ4v) is 0.298. The predicted molar refractivity (Wildman–Crippen MR) is 33.6 cm³/mol. The summed E-state index contributed by atoms with van der Waals surface area (Å²) in [7, 11) is 0. The van der Waals surface area contributed by atoms with Crippen LogP contribution in [0.1, 0.15) is 13.8 Å². The lowest BCUT2D eigenvalue weighted by molar-refractivity contribution is -0.122. The molecule has 0 fully saturated rings. The monoisotopic (exact) mass is 127 g/mol. The Bertz CT molecular complexity index is 149. The molecule has 0 aromatic rings. The number of imide groups is 1. The Morgan fingerprint density at radius 1 is 1.56 bits per heavy atom. The van der Waals surface area contributed by atoms with E-state index in [1.54, 1.807) is 19.9 Å². The number of carbonyl (C=O) groups excluding carboxylic acids is 2. The highest BCUT2D eigenvalue weighted by molar-refractivity contribution is 5.98. The van der Waals surface area contributed by atoms with Gasteiger partial charge in [0.25, 0.3) is 5.91 Å². The number of hydrogen-bond acceptors (Lipinski definition) is 2. The molecule has 0 aromatic heterocycles. The molecule has 3 heteroatoms. The zero-order valence-corrected chi connectivity index (χ0v) is 5.47. The summed E-state index contributed by atoms with van der Waals surface area (Å²) in [6.07, 6.45) is 2.01. The Morgan fingerprint density at radius 3 is 2.44 bits per heavy atom. The highest BCUT2D eigenvalue weighted by atomic mass is 16.2. The second kappa shape index (κ2) is 3.83. The van der Waals surface area contributed by atoms with Gasteiger partial charge in [0.1, 0.15) is 0 Å². The molecule has 3 nitrogen and oxygen atoms in total. The molecule has 0 aliphatic heterocycles. The summed E-state index contributed by atoms with van der Waals surface area (Å²) in [5.41, 5.74) is 0.544. The Hall–Kier alpha value is -1.12. The van der Waals surface area contributed by atoms with Gasteiger partial charge in [-0.25, -0.2) is 0 Å². The van der Waals surface area contributed by atoms with Crippen LogP contribution in [-0.2, 0) is 9.59 Å². The van der Waals surface area contributed by atoms with E-state index in [0.717, 1.165) is 0 Å². The van der Waals surface area contributed by atoms with Gasteiger partial charge < -0.3 is 0 Å². The Kier molecular flexibility index (Phi) is 3.35. The van der Waals surface area contributed by atoms with Crippen LogP contribution in [0.5, 0.6) is 0 Å². The zero-order chi connectivity index (χ0) is 7.28. The molecule has 0 saturated heterocycles. The second-order valence-electron chi connectivity index (χ2n) is 1.56. The molecule has 0 spiro atoms. The van der Waals surface area contributed by atoms with Crippen molar-refractivity contribution in [1.29, 1.82) is 0 Å². The molecule has 0 bridgehead atoms. The predicted octanol–water partition coefficient (Wildman–Crippen LogP) is 0.225. The third-order valence-electron chi connectivity index (χ3n) is 0.981. The van der Waals surface area contributed by atoms with E-state index < -0.39 is 0 Å². The lowest BCUT2D eigenvalue weighted by atomic mass is 10.3. The van der Waals surface area contributed by atoms with Crippen molar-refractivity contribution in [3.8, 4) is 0 Å². The first kappa shape index (κ1) is 7.88. The lowest BCUT2D eigenvalue weighted by Gasteiger charge is -1.93. The molecular weight excluding hydrogens is 118 g/mol. The SMILES string of the molecule is C/C=C(/C)C(=O)NC=O. The van der Waals surface area contributed by atoms with Crippen molar-refractivity contribution in [1.82, 2.24) is 5.32 Å². The first-order chi connectivity index (χ1) is 4.22. The summed E-state index contributed by atoms with van der Waals surface area (Å²) in [5.74, 6) is -0.340. The molecule has 0 aromatic carbocycles. The normalized spacial score (nSPS) is 10.7. The van der Waals surface area contributed by atoms with Gasteiger partial charge in [-0.3, -0.25) is 14.9 Å². The molecular formula is C6H9NO2. The minimum atomic E-state index is -0.340. The van der Waals surface area contributed by atoms with E-state index in [9.17, 15) is 9.59 Å². The number of nitrogens with one attached hydrogen (secondary N) is 1. The standard InChI is InChI=1S/C6H9NO2/c1-3-5(2)6(9)7-4-8/h3-4H,1-2H3,(H,7,8,9)/b5-3-. The zero-order valence-electron chi connectivity index (χ0n) is 5.47. The molecule has 0 saturated carbocycles. The average Bonchev–Trinajstić information content (AvgIpc) is 1.87. The topological polar surface area (TPSA) is 46.2 Å². The maximum absolute atomic E-state index is 10.6. The van der Waals surface area contributed by atoms with Crippen LogP contribution >= 0.6 is 0 Å². The van der Waals surface area contributed by atoms with Gasteiger partial charge in [-0.15, -0.1) is 0 Å². The number of allylic oxidation sites excluding steroid dienone is 1. The van der Waals surface area contributed by atoms with E-state index in [-0.39, 0.29) is 5.91 Å². The smallest absolute Gasteiger partial charge is 0.252 e. The van der Waals surface area contributed by atoms with E-state index >= 15 is 0 Å². The van der Waals surface area contributed by atoms with Gasteiger partial charge in [0.05, 0.1) is 0 Å². The molecule has 0 heterocycles. The summed E-state index contributed by atoms with van der Waals surface area (Å²) in [6.45, 7) is 3.37. The molecule has 50 valence electrons. The Balaban J connectivity index is 3.88. The Labute approximate surface area is 53.7 Å². The molecule has 9 heavy (non-hydrogen) atoms. The van der Waals surface area contributed by atoms with Gasteiger partial charge in [-0.05, 0) is 13.8 Å². The van der Waals surface area contributed by atoms with Crippen LogP contribution in [0.4, 0.5) is 0 Å². The fraction of sp³-hybridized carbons (Fsp3) is 0.333. The summed E-state index contributed by atoms with van der Waals surface area (Å²) in [4.78, 5) is 20.2. The van der Waals surface area contributed by atoms with Crippen molar-refractivity contribution in [2.24, 2.45) is 0 Å². The summed E-state index contributed by atoms with van der Waals surface area (Å²) in [6, 6.07) is 0. The van der Waals surface area contributed by atoms with Crippen LogP contribution in [0, 0.1) is 0 Å². The summed E-state index contributed by atoms with van der Waals surface area (Å²) >= 11 is 0. The van der Waals surface area contributed by atoms with Gasteiger partial charge in [0.2, 0.25) is 6.41 Å². The van der Waals surface area contributed by atoms with Gasteiger partial charge in [0.15, 0.2) is 0 Å². The first-order valence-electron chi connectivity index (χ1n) is 2.59. The molecule has 0 atom stereocenters. The average molecular weight is 127 g/mol. The van der Waals surface area contributed by atoms with Gasteiger partial charge in [0, 0.05) is 5.57 Å². The molecule has 0 unspecified atom stereocenters. The minimum Gasteiger partial charge on any atom is -0.295 e. The van der Waals surface area contributed by atoms with Crippen LogP contribution in [0.25, 0.3) is 0 Å². The molecule has 0 aliphatic rings. The van der Waals surface area contributed by atoms with Crippen molar-refractivity contribution >= 4 is 12.3 Å². The van der Waals surface area contributed by atoms with Crippen molar-refractivity contribution < 1.29 is 9.59 Å². The van der Waals surface area contributed by atoms with E-state index in [2.05, 4.69) is 0 Å². The van der Waals surface area contributed by atoms with E-state index in [1.807, 2.05) is 5.32 Å². The minimum absolute atomic E-state index is 0.340. The third-order valence-corrected chi connectivity index (χ3v) is 0.981. The molecule has 0 aliphatic carbocycles. The number of amides is 2. The fourth-order valence-electron chi connectivity index (χ4n) is 0.298. The van der Waals surface area contributed by atoms with Crippen LogP contribution in [0.15, 0.2) is 11.6 Å². The second-order valence-corrected chi connectivity index (χ2v) is 1.56. The van der Waals surface area contributed by atoms with Gasteiger partial charge >= 0.3 is 0 Å². The largest absolute Gasteiger partial charge is 0.295 e. The van der Waals surface area contributed by atoms with Crippen LogP contribution in [0.2, 0.25) is 0 Å². The quantitative estimate of drug-likeness (QED) is 0.426. The van der Waals surface area contributed by atoms with Crippen molar-refractivity contribution in [3.63, 3.8) is 0 Å². The van der Waals surface area contributed by atoms with E-state index in [4.69, 9.17) is 0 Å². The first-order valence-corrected chi connectivity index (χ1v) is 2.59. The van der Waals surface area contributed by atoms with Crippen LogP contribution in [-0.4, -0.2) is 12.3 Å². The molecule has 0 rings (SSSR count). The maximum atomic E-state index is 10.6. The lowest BCUT2D eigenvalue weighted by Crippen LogP contribution is -2.21. The molecule has 1 N–H and O–H groups in total. The third kappa shape index (κ3) is 2.64. The van der Waals surface area contributed by atoms with Gasteiger partial charge in [-0.2, -0.15) is 0 Å². The highest BCUT2D eigenvalue weighted by Crippen LogP contribution is 1.88. The summed E-state index contributed by atoms with van der Waals surface area (Å²) in [5, 5.41) is 2.01. The molecule has 0 radical (unpaired) electrons. The van der Waals surface area contributed by atoms with Crippen molar-refractivity contribution in [2.45, 2.75) is 13.8 Å². The van der Waals surface area contributed by atoms with Crippen molar-refractivity contribution in [2.75, 3.05) is 0 Å². The van der Waals surface area contributed by atoms with E-state index in [1.165, 1.54) is 0 Å². The summed E-state index contributed by atoms with van der Waals surface area (Å²) < 4.78 is 0. The highest BCUT2D eigenvalue weighted by Gasteiger charge is 1.97. The maximum Gasteiger partial charge on any atom is 0.252 e. The molecule has 2 amide bonds. The number of hydrogen-bond donors (Lipinski definition) is 1. The number of carbonyl (C=O) groups is 2. The van der Waals surface area contributed by atoms with Crippen molar-refractivity contribution in [3.05, 3.63) is 11.6 Å².